The van der Waals surface area contributed by atoms with Gasteiger partial charge in [0.2, 0.25) is 0 Å². The van der Waals surface area contributed by atoms with E-state index < -0.39 is 17.1 Å². The number of aromatic nitrogens is 3. The van der Waals surface area contributed by atoms with E-state index >= 15 is 0 Å². The maximum absolute atomic E-state index is 12.7. The second-order valence-electron chi connectivity index (χ2n) is 10.7. The van der Waals surface area contributed by atoms with E-state index in [1.54, 1.807) is 4.68 Å². The van der Waals surface area contributed by atoms with Gasteiger partial charge in [0.25, 0.3) is 11.3 Å². The summed E-state index contributed by atoms with van der Waals surface area (Å²) in [5.74, 6) is -0.560. The molecule has 0 saturated heterocycles. The van der Waals surface area contributed by atoms with Gasteiger partial charge in [-0.05, 0) is 74.0 Å². The minimum Gasteiger partial charge on any atom is -0.503 e. The fourth-order valence-corrected chi connectivity index (χ4v) is 6.35. The highest BCUT2D eigenvalue weighted by Crippen LogP contribution is 2.48. The maximum Gasteiger partial charge on any atom is 0.275 e. The van der Waals surface area contributed by atoms with E-state index in [4.69, 9.17) is 4.98 Å². The first-order valence-electron chi connectivity index (χ1n) is 13.3. The predicted molar refractivity (Wildman–Crippen MR) is 135 cm³/mol. The Labute approximate surface area is 206 Å². The Morgan fingerprint density at radius 3 is 2.77 bits per heavy atom. The molecule has 1 aliphatic heterocycles. The number of amides is 1. The Morgan fingerprint density at radius 1 is 1.09 bits per heavy atom. The number of hydrogen-bond donors (Lipinski definition) is 2. The molecule has 1 unspecified atom stereocenters. The molecule has 5 rings (SSSR count). The molecular weight excluding hydrogens is 440 g/mol. The molecule has 1 atom stereocenters. The summed E-state index contributed by atoms with van der Waals surface area (Å²) in [4.78, 5) is 30.2. The zero-order valence-corrected chi connectivity index (χ0v) is 20.5. The Kier molecular flexibility index (Phi) is 7.02. The number of aryl methyl sites for hydroxylation is 1. The van der Waals surface area contributed by atoms with E-state index in [1.807, 2.05) is 6.20 Å². The highest BCUT2D eigenvalue weighted by atomic mass is 16.3. The molecule has 2 N–H and O–H groups in total. The molecule has 2 aromatic rings. The van der Waals surface area contributed by atoms with Crippen molar-refractivity contribution in [1.82, 2.24) is 20.1 Å². The van der Waals surface area contributed by atoms with Crippen molar-refractivity contribution < 1.29 is 9.90 Å². The number of carbonyl (C=O) groups is 1. The molecule has 2 aliphatic carbocycles. The molecule has 0 radical (unpaired) electrons. The zero-order valence-electron chi connectivity index (χ0n) is 20.5. The van der Waals surface area contributed by atoms with Gasteiger partial charge in [0, 0.05) is 25.2 Å². The van der Waals surface area contributed by atoms with Crippen LogP contribution in [0.25, 0.3) is 6.08 Å². The lowest BCUT2D eigenvalue weighted by Gasteiger charge is -2.34. The monoisotopic (exact) mass is 476 g/mol. The number of fused-ring (bicyclic) bond motifs is 2. The van der Waals surface area contributed by atoms with Crippen molar-refractivity contribution in [3.63, 3.8) is 0 Å². The number of rotatable bonds is 0. The molecular formula is C28H36N4O3. The first-order valence-corrected chi connectivity index (χ1v) is 13.3. The van der Waals surface area contributed by atoms with E-state index in [9.17, 15) is 14.7 Å². The van der Waals surface area contributed by atoms with Crippen LogP contribution >= 0.6 is 0 Å². The summed E-state index contributed by atoms with van der Waals surface area (Å²) in [5.41, 5.74) is 3.02. The molecule has 2 aromatic heterocycles. The largest absolute Gasteiger partial charge is 0.503 e. The normalized spacial score (nSPS) is 22.7. The molecule has 1 amide bonds. The van der Waals surface area contributed by atoms with Crippen molar-refractivity contribution in [3.05, 3.63) is 57.3 Å². The van der Waals surface area contributed by atoms with Gasteiger partial charge in [-0.1, -0.05) is 37.8 Å². The highest BCUT2D eigenvalue weighted by Gasteiger charge is 2.38. The van der Waals surface area contributed by atoms with Crippen molar-refractivity contribution in [3.8, 4) is 5.75 Å². The van der Waals surface area contributed by atoms with Crippen molar-refractivity contribution in [1.29, 1.82) is 0 Å². The molecule has 0 aromatic carbocycles. The van der Waals surface area contributed by atoms with E-state index in [-0.39, 0.29) is 11.1 Å². The highest BCUT2D eigenvalue weighted by molar-refractivity contribution is 5.92. The molecule has 7 nitrogen and oxygen atoms in total. The molecule has 186 valence electrons. The number of pyridine rings is 1. The van der Waals surface area contributed by atoms with Crippen molar-refractivity contribution in [2.75, 3.05) is 6.54 Å². The fourth-order valence-electron chi connectivity index (χ4n) is 6.35. The number of nitrogens with one attached hydrogen (secondary N) is 1. The van der Waals surface area contributed by atoms with E-state index in [0.717, 1.165) is 77.0 Å². The summed E-state index contributed by atoms with van der Waals surface area (Å²) < 4.78 is 1.64. The standard InChI is InChI=1S/C28H36N4O3/c33-23-18-32-19-28(13-6-7-14-28)17-21-10-4-5-11-22-20(12-16-29-24(21)22)9-3-1-2-8-15-30-27(35)25(31-32)26(23)34/h5,11-12,16,18,21,33H,1-4,6-10,13-15,17,19H2,(H,30,35). The topological polar surface area (TPSA) is 97.1 Å². The molecule has 1 fully saturated rings. The average Bonchev–Trinajstić information content (AvgIpc) is 3.20. The summed E-state index contributed by atoms with van der Waals surface area (Å²) in [6.45, 7) is 1.08. The van der Waals surface area contributed by atoms with Gasteiger partial charge in [0.05, 0.1) is 11.9 Å². The Balaban J connectivity index is 1.54. The Bertz CT molecular complexity index is 1160. The quantitative estimate of drug-likeness (QED) is 0.573. The van der Waals surface area contributed by atoms with Gasteiger partial charge in [-0.3, -0.25) is 19.3 Å². The summed E-state index contributed by atoms with van der Waals surface area (Å²) in [7, 11) is 0. The Hall–Kier alpha value is -2.96. The minimum atomic E-state index is -0.700. The molecule has 7 heteroatoms. The van der Waals surface area contributed by atoms with Gasteiger partial charge in [-0.15, -0.1) is 0 Å². The van der Waals surface area contributed by atoms with Crippen LogP contribution in [0.2, 0.25) is 0 Å². The molecule has 1 spiro atoms. The predicted octanol–water partition coefficient (Wildman–Crippen LogP) is 4.73. The fraction of sp³-hybridized carbons (Fsp3) is 0.571. The van der Waals surface area contributed by atoms with Crippen LogP contribution in [0.1, 0.15) is 104 Å². The molecule has 1 saturated carbocycles. The van der Waals surface area contributed by atoms with Gasteiger partial charge in [-0.25, -0.2) is 0 Å². The van der Waals surface area contributed by atoms with Gasteiger partial charge in [0.1, 0.15) is 0 Å². The summed E-state index contributed by atoms with van der Waals surface area (Å²) in [6, 6.07) is 2.18. The first kappa shape index (κ1) is 23.8. The van der Waals surface area contributed by atoms with Crippen LogP contribution in [-0.4, -0.2) is 32.3 Å². The molecule has 3 heterocycles. The number of hydrogen-bond acceptors (Lipinski definition) is 5. The lowest BCUT2D eigenvalue weighted by molar-refractivity contribution is 0.0941. The summed E-state index contributed by atoms with van der Waals surface area (Å²) in [6.07, 6.45) is 20.6. The van der Waals surface area contributed by atoms with Crippen LogP contribution in [0.4, 0.5) is 0 Å². The number of nitrogens with zero attached hydrogens (tertiary/aromatic N) is 3. The third-order valence-electron chi connectivity index (χ3n) is 8.13. The Morgan fingerprint density at radius 2 is 1.91 bits per heavy atom. The van der Waals surface area contributed by atoms with E-state index in [2.05, 4.69) is 28.6 Å². The van der Waals surface area contributed by atoms with Crippen LogP contribution in [0.15, 0.2) is 29.3 Å². The number of carbonyl (C=O) groups excluding carboxylic acids is 1. The smallest absolute Gasteiger partial charge is 0.275 e. The van der Waals surface area contributed by atoms with Gasteiger partial charge < -0.3 is 10.4 Å². The first-order chi connectivity index (χ1) is 17.0. The van der Waals surface area contributed by atoms with Crippen LogP contribution in [0, 0.1) is 5.41 Å². The van der Waals surface area contributed by atoms with Crippen LogP contribution in [0.3, 0.4) is 0 Å². The van der Waals surface area contributed by atoms with Gasteiger partial charge >= 0.3 is 0 Å². The number of allylic oxidation sites excluding steroid dienone is 1. The molecule has 3 aliphatic rings. The number of aromatic hydroxyl groups is 1. The summed E-state index contributed by atoms with van der Waals surface area (Å²) in [5, 5.41) is 17.6. The second-order valence-corrected chi connectivity index (χ2v) is 10.7. The van der Waals surface area contributed by atoms with Crippen LogP contribution in [0.5, 0.6) is 5.75 Å². The zero-order chi connectivity index (χ0) is 24.3. The summed E-state index contributed by atoms with van der Waals surface area (Å²) >= 11 is 0. The van der Waals surface area contributed by atoms with E-state index in [1.165, 1.54) is 23.0 Å². The molecule has 35 heavy (non-hydrogen) atoms. The maximum atomic E-state index is 12.7. The third-order valence-corrected chi connectivity index (χ3v) is 8.13. The van der Waals surface area contributed by atoms with Crippen LogP contribution in [-0.2, 0) is 13.0 Å². The van der Waals surface area contributed by atoms with Gasteiger partial charge in [-0.2, -0.15) is 5.10 Å². The second kappa shape index (κ2) is 10.3. The van der Waals surface area contributed by atoms with Gasteiger partial charge in [0.15, 0.2) is 11.4 Å². The van der Waals surface area contributed by atoms with Crippen molar-refractivity contribution in [2.45, 2.75) is 89.5 Å². The molecule has 6 bridgehead atoms. The minimum absolute atomic E-state index is 0.00233. The third kappa shape index (κ3) is 5.19. The lowest BCUT2D eigenvalue weighted by atomic mass is 9.74. The average molecular weight is 477 g/mol. The van der Waals surface area contributed by atoms with E-state index in [0.29, 0.717) is 19.0 Å². The van der Waals surface area contributed by atoms with Crippen LogP contribution < -0.4 is 10.7 Å². The van der Waals surface area contributed by atoms with Crippen molar-refractivity contribution in [2.24, 2.45) is 5.41 Å². The lowest BCUT2D eigenvalue weighted by Crippen LogP contribution is -2.34. The SMILES string of the molecule is O=C1NCCCCCCc2ccnc3c2C=CCCC3CC2(CCCC2)Cn2cc(O)c(=O)c1n2. The van der Waals surface area contributed by atoms with Crippen molar-refractivity contribution >= 4 is 12.0 Å².